The highest BCUT2D eigenvalue weighted by atomic mass is 14.9. The Bertz CT molecular complexity index is 180. The molecule has 1 aliphatic heterocycles. The summed E-state index contributed by atoms with van der Waals surface area (Å²) in [4.78, 5) is 0. The molecule has 76 valence electrons. The van der Waals surface area contributed by atoms with Gasteiger partial charge in [-0.15, -0.1) is 0 Å². The summed E-state index contributed by atoms with van der Waals surface area (Å²) in [7, 11) is 0. The van der Waals surface area contributed by atoms with Crippen molar-refractivity contribution in [2.45, 2.75) is 40.0 Å². The highest BCUT2D eigenvalue weighted by Gasteiger charge is 2.48. The van der Waals surface area contributed by atoms with Gasteiger partial charge in [-0.1, -0.05) is 20.8 Å². The Labute approximate surface area is 82.3 Å². The van der Waals surface area contributed by atoms with E-state index < -0.39 is 0 Å². The van der Waals surface area contributed by atoms with Crippen LogP contribution in [-0.2, 0) is 0 Å². The first-order valence-electron chi connectivity index (χ1n) is 5.85. The van der Waals surface area contributed by atoms with Crippen LogP contribution in [0.4, 0.5) is 0 Å². The maximum absolute atomic E-state index is 3.50. The summed E-state index contributed by atoms with van der Waals surface area (Å²) in [6.45, 7) is 9.70. The summed E-state index contributed by atoms with van der Waals surface area (Å²) in [5, 5.41) is 3.50. The lowest BCUT2D eigenvalue weighted by Crippen LogP contribution is -2.52. The number of nitrogens with one attached hydrogen (secondary N) is 1. The van der Waals surface area contributed by atoms with Crippen LogP contribution in [0.5, 0.6) is 0 Å². The largest absolute Gasteiger partial charge is 0.316 e. The first-order valence-corrected chi connectivity index (χ1v) is 5.85. The Morgan fingerprint density at radius 2 is 2.00 bits per heavy atom. The average Bonchev–Trinajstić information content (AvgIpc) is 2.01. The molecule has 1 heteroatoms. The number of piperidine rings is 1. The van der Waals surface area contributed by atoms with Crippen molar-refractivity contribution in [1.82, 2.24) is 5.32 Å². The van der Waals surface area contributed by atoms with E-state index in [1.165, 1.54) is 32.4 Å². The van der Waals surface area contributed by atoms with Gasteiger partial charge in [0.1, 0.15) is 0 Å². The summed E-state index contributed by atoms with van der Waals surface area (Å²) < 4.78 is 0. The molecular formula is C12H23N. The van der Waals surface area contributed by atoms with E-state index in [0.717, 1.165) is 23.2 Å². The smallest absolute Gasteiger partial charge is 0.00178 e. The first kappa shape index (κ1) is 9.51. The van der Waals surface area contributed by atoms with Crippen molar-refractivity contribution >= 4 is 0 Å². The Kier molecular flexibility index (Phi) is 2.39. The zero-order valence-corrected chi connectivity index (χ0v) is 9.27. The van der Waals surface area contributed by atoms with E-state index in [-0.39, 0.29) is 0 Å². The molecule has 2 aliphatic rings. The molecule has 1 spiro atoms. The van der Waals surface area contributed by atoms with Gasteiger partial charge in [0, 0.05) is 0 Å². The second kappa shape index (κ2) is 3.27. The molecule has 1 unspecified atom stereocenters. The van der Waals surface area contributed by atoms with Crippen molar-refractivity contribution in [2.75, 3.05) is 13.1 Å². The fourth-order valence-electron chi connectivity index (χ4n) is 3.18. The molecule has 0 aromatic rings. The van der Waals surface area contributed by atoms with Crippen LogP contribution in [0.2, 0.25) is 0 Å². The van der Waals surface area contributed by atoms with Gasteiger partial charge in [-0.3, -0.25) is 0 Å². The molecule has 1 heterocycles. The number of hydrogen-bond acceptors (Lipinski definition) is 1. The third-order valence-electron chi connectivity index (χ3n) is 4.58. The summed E-state index contributed by atoms with van der Waals surface area (Å²) in [6.07, 6.45) is 4.44. The lowest BCUT2D eigenvalue weighted by atomic mass is 9.51. The maximum atomic E-state index is 3.50. The normalized spacial score (nSPS) is 45.2. The van der Waals surface area contributed by atoms with E-state index in [4.69, 9.17) is 0 Å². The van der Waals surface area contributed by atoms with E-state index in [1.54, 1.807) is 0 Å². The zero-order valence-electron chi connectivity index (χ0n) is 9.27. The fraction of sp³-hybridized carbons (Fsp3) is 1.00. The molecule has 1 saturated heterocycles. The molecule has 1 aliphatic carbocycles. The van der Waals surface area contributed by atoms with Crippen LogP contribution in [0.25, 0.3) is 0 Å². The van der Waals surface area contributed by atoms with Gasteiger partial charge in [0.2, 0.25) is 0 Å². The van der Waals surface area contributed by atoms with Crippen molar-refractivity contribution in [3.05, 3.63) is 0 Å². The highest BCUT2D eigenvalue weighted by molar-refractivity contribution is 5.00. The molecular weight excluding hydrogens is 158 g/mol. The van der Waals surface area contributed by atoms with Crippen LogP contribution in [0.1, 0.15) is 40.0 Å². The standard InChI is InChI=1S/C12H23N/c1-9(2)11-6-12(7-11)4-5-13-8-10(12)3/h9-11,13H,4-8H2,1-3H3. The lowest BCUT2D eigenvalue weighted by molar-refractivity contribution is -0.0437. The highest BCUT2D eigenvalue weighted by Crippen LogP contribution is 2.56. The lowest BCUT2D eigenvalue weighted by Gasteiger charge is -2.55. The quantitative estimate of drug-likeness (QED) is 0.656. The van der Waals surface area contributed by atoms with E-state index in [1.807, 2.05) is 0 Å². The molecule has 1 atom stereocenters. The van der Waals surface area contributed by atoms with Gasteiger partial charge in [0.25, 0.3) is 0 Å². The SMILES string of the molecule is CC(C)C1CC2(CCNCC2C)C1. The van der Waals surface area contributed by atoms with Gasteiger partial charge in [0.05, 0.1) is 0 Å². The molecule has 13 heavy (non-hydrogen) atoms. The van der Waals surface area contributed by atoms with Gasteiger partial charge < -0.3 is 5.32 Å². The number of rotatable bonds is 1. The maximum Gasteiger partial charge on any atom is -0.00178 e. The number of hydrogen-bond donors (Lipinski definition) is 1. The third kappa shape index (κ3) is 1.52. The van der Waals surface area contributed by atoms with E-state index in [9.17, 15) is 0 Å². The van der Waals surface area contributed by atoms with Crippen LogP contribution in [0.3, 0.4) is 0 Å². The van der Waals surface area contributed by atoms with Crippen molar-refractivity contribution in [3.63, 3.8) is 0 Å². The van der Waals surface area contributed by atoms with Crippen LogP contribution in [-0.4, -0.2) is 13.1 Å². The minimum absolute atomic E-state index is 0.750. The first-order chi connectivity index (χ1) is 6.14. The van der Waals surface area contributed by atoms with Crippen molar-refractivity contribution < 1.29 is 0 Å². The van der Waals surface area contributed by atoms with Crippen LogP contribution < -0.4 is 5.32 Å². The molecule has 1 saturated carbocycles. The van der Waals surface area contributed by atoms with Gasteiger partial charge in [0.15, 0.2) is 0 Å². The Morgan fingerprint density at radius 1 is 1.31 bits per heavy atom. The summed E-state index contributed by atoms with van der Waals surface area (Å²) in [5.41, 5.74) is 0.750. The Balaban J connectivity index is 1.93. The molecule has 0 aromatic carbocycles. The molecule has 1 N–H and O–H groups in total. The summed E-state index contributed by atoms with van der Waals surface area (Å²) in [5.74, 6) is 2.85. The van der Waals surface area contributed by atoms with E-state index in [0.29, 0.717) is 0 Å². The van der Waals surface area contributed by atoms with Crippen molar-refractivity contribution in [1.29, 1.82) is 0 Å². The zero-order chi connectivity index (χ0) is 9.47. The molecule has 0 bridgehead atoms. The second-order valence-electron chi connectivity index (χ2n) is 5.63. The third-order valence-corrected chi connectivity index (χ3v) is 4.58. The van der Waals surface area contributed by atoms with Gasteiger partial charge in [-0.05, 0) is 55.5 Å². The monoisotopic (exact) mass is 181 g/mol. The van der Waals surface area contributed by atoms with Gasteiger partial charge in [-0.25, -0.2) is 0 Å². The van der Waals surface area contributed by atoms with Crippen molar-refractivity contribution in [3.8, 4) is 0 Å². The minimum atomic E-state index is 0.750. The molecule has 2 fully saturated rings. The molecule has 2 rings (SSSR count). The van der Waals surface area contributed by atoms with Gasteiger partial charge >= 0.3 is 0 Å². The predicted molar refractivity (Wildman–Crippen MR) is 56.6 cm³/mol. The van der Waals surface area contributed by atoms with Gasteiger partial charge in [-0.2, -0.15) is 0 Å². The molecule has 0 amide bonds. The fourth-order valence-corrected chi connectivity index (χ4v) is 3.18. The van der Waals surface area contributed by atoms with Crippen molar-refractivity contribution in [2.24, 2.45) is 23.2 Å². The molecule has 0 aromatic heterocycles. The Hall–Kier alpha value is -0.0400. The van der Waals surface area contributed by atoms with E-state index in [2.05, 4.69) is 26.1 Å². The van der Waals surface area contributed by atoms with Crippen LogP contribution >= 0.6 is 0 Å². The van der Waals surface area contributed by atoms with Crippen LogP contribution in [0.15, 0.2) is 0 Å². The van der Waals surface area contributed by atoms with E-state index >= 15 is 0 Å². The molecule has 1 nitrogen and oxygen atoms in total. The topological polar surface area (TPSA) is 12.0 Å². The minimum Gasteiger partial charge on any atom is -0.316 e. The molecule has 0 radical (unpaired) electrons. The average molecular weight is 181 g/mol. The Morgan fingerprint density at radius 3 is 2.54 bits per heavy atom. The second-order valence-corrected chi connectivity index (χ2v) is 5.63. The summed E-state index contributed by atoms with van der Waals surface area (Å²) in [6, 6.07) is 0. The predicted octanol–water partition coefficient (Wildman–Crippen LogP) is 2.67. The van der Waals surface area contributed by atoms with Crippen LogP contribution in [0, 0.1) is 23.2 Å². The summed E-state index contributed by atoms with van der Waals surface area (Å²) >= 11 is 0.